The van der Waals surface area contributed by atoms with Gasteiger partial charge in [-0.25, -0.2) is 0 Å². The van der Waals surface area contributed by atoms with Gasteiger partial charge in [0.2, 0.25) is 0 Å². The molecule has 37 heavy (non-hydrogen) atoms. The maximum atomic E-state index is 2.57. The molecule has 0 radical (unpaired) electrons. The average Bonchev–Trinajstić information content (AvgIpc) is 3.53. The van der Waals surface area contributed by atoms with Gasteiger partial charge >= 0.3 is 217 Å². The molecule has 7 rings (SSSR count). The summed E-state index contributed by atoms with van der Waals surface area (Å²) in [5.74, 6) is 0. The minimum atomic E-state index is -1.91. The Bertz CT molecular complexity index is 1440. The Morgan fingerprint density at radius 3 is 1.59 bits per heavy atom. The van der Waals surface area contributed by atoms with Crippen molar-refractivity contribution in [3.05, 3.63) is 130 Å². The fourth-order valence-electron chi connectivity index (χ4n) is 6.08. The first kappa shape index (κ1) is 26.6. The van der Waals surface area contributed by atoms with Gasteiger partial charge in [0.05, 0.1) is 0 Å². The topological polar surface area (TPSA) is 0 Å². The molecule has 4 aromatic carbocycles. The number of fused-ring (bicyclic) bond motifs is 3. The molecule has 0 N–H and O–H groups in total. The zero-order valence-corrected chi connectivity index (χ0v) is 25.6. The van der Waals surface area contributed by atoms with Gasteiger partial charge in [0.15, 0.2) is 0 Å². The van der Waals surface area contributed by atoms with Gasteiger partial charge in [-0.2, -0.15) is 0 Å². The van der Waals surface area contributed by atoms with E-state index in [0.717, 1.165) is 0 Å². The summed E-state index contributed by atoms with van der Waals surface area (Å²) in [7, 11) is 0. The summed E-state index contributed by atoms with van der Waals surface area (Å²) >= 11 is -1.91. The van der Waals surface area contributed by atoms with Gasteiger partial charge in [-0.15, -0.1) is 0 Å². The Hall–Kier alpha value is -1.96. The molecule has 0 spiro atoms. The van der Waals surface area contributed by atoms with Gasteiger partial charge < -0.3 is 24.8 Å². The van der Waals surface area contributed by atoms with Crippen LogP contribution in [0.1, 0.15) is 27.6 Å². The van der Waals surface area contributed by atoms with Gasteiger partial charge in [0, 0.05) is 0 Å². The molecule has 1 aliphatic heterocycles. The molecule has 0 bridgehead atoms. The zero-order chi connectivity index (χ0) is 23.2. The van der Waals surface area contributed by atoms with E-state index in [9.17, 15) is 0 Å². The Kier molecular flexibility index (Phi) is 8.22. The van der Waals surface area contributed by atoms with Gasteiger partial charge in [-0.05, 0) is 0 Å². The molecule has 0 amide bonds. The Morgan fingerprint density at radius 2 is 1.16 bits per heavy atom. The largest absolute Gasteiger partial charge is 1.00 e. The third-order valence-electron chi connectivity index (χ3n) is 7.97. The van der Waals surface area contributed by atoms with Crippen molar-refractivity contribution in [3.8, 4) is 33.4 Å². The van der Waals surface area contributed by atoms with Gasteiger partial charge in [0.25, 0.3) is 0 Å². The molecular formula is C33H28Cl2SiZr. The number of hydrogen-bond acceptors (Lipinski definition) is 0. The molecule has 2 aliphatic carbocycles. The minimum absolute atomic E-state index is 0. The molecule has 1 fully saturated rings. The summed E-state index contributed by atoms with van der Waals surface area (Å²) in [6, 6.07) is 39.7. The van der Waals surface area contributed by atoms with E-state index in [4.69, 9.17) is 0 Å². The fourth-order valence-corrected chi connectivity index (χ4v) is 29.2. The van der Waals surface area contributed by atoms with Crippen molar-refractivity contribution in [2.24, 2.45) is 0 Å². The molecule has 4 aromatic rings. The van der Waals surface area contributed by atoms with Crippen LogP contribution in [-0.2, 0) is 20.4 Å². The fraction of sp³-hybridized carbons (Fsp3) is 0.152. The monoisotopic (exact) mass is 612 g/mol. The van der Waals surface area contributed by atoms with Crippen LogP contribution in [0.3, 0.4) is 0 Å². The van der Waals surface area contributed by atoms with Crippen LogP contribution in [0.15, 0.2) is 119 Å². The molecule has 0 aromatic heterocycles. The van der Waals surface area contributed by atoms with E-state index in [0.29, 0.717) is 3.63 Å². The van der Waals surface area contributed by atoms with Crippen molar-refractivity contribution in [1.29, 1.82) is 0 Å². The third-order valence-corrected chi connectivity index (χ3v) is 29.1. The molecule has 4 heteroatoms. The Balaban J connectivity index is 0.00000140. The maximum Gasteiger partial charge on any atom is -1.00 e. The van der Waals surface area contributed by atoms with Crippen LogP contribution < -0.4 is 24.8 Å². The first-order valence-corrected chi connectivity index (χ1v) is 21.1. The maximum absolute atomic E-state index is 2.57. The van der Waals surface area contributed by atoms with E-state index in [1.807, 2.05) is 3.28 Å². The first-order valence-electron chi connectivity index (χ1n) is 12.8. The average molecular weight is 615 g/mol. The molecule has 0 saturated carbocycles. The first-order chi connectivity index (χ1) is 17.4. The van der Waals surface area contributed by atoms with Crippen molar-refractivity contribution in [2.45, 2.75) is 28.6 Å². The van der Waals surface area contributed by atoms with E-state index in [-0.39, 0.29) is 30.2 Å². The summed E-state index contributed by atoms with van der Waals surface area (Å²) in [5.41, 5.74) is 11.5. The Labute approximate surface area is 240 Å². The predicted octanol–water partition coefficient (Wildman–Crippen LogP) is 2.96. The summed E-state index contributed by atoms with van der Waals surface area (Å²) < 4.78 is 2.54. The SMILES string of the molecule is C1=CC[C]([Zr+2]([CH]2c3cc(-c4ccccc4)ccc3-c3ccc(-c4ccccc4)cc32)=[Si]2CCC2)=C1.[Cl-].[Cl-]. The molecule has 1 heterocycles. The van der Waals surface area contributed by atoms with Crippen molar-refractivity contribution < 1.29 is 45.2 Å². The van der Waals surface area contributed by atoms with Crippen LogP contribution in [0, 0.1) is 0 Å². The summed E-state index contributed by atoms with van der Waals surface area (Å²) in [6.07, 6.45) is 9.98. The van der Waals surface area contributed by atoms with Crippen LogP contribution in [0.2, 0.25) is 12.1 Å². The number of allylic oxidation sites excluding steroid dienone is 4. The van der Waals surface area contributed by atoms with Crippen molar-refractivity contribution >= 4 is 5.43 Å². The Morgan fingerprint density at radius 1 is 0.622 bits per heavy atom. The molecule has 0 nitrogen and oxygen atoms in total. The van der Waals surface area contributed by atoms with E-state index >= 15 is 0 Å². The van der Waals surface area contributed by atoms with Crippen molar-refractivity contribution in [3.63, 3.8) is 0 Å². The summed E-state index contributed by atoms with van der Waals surface area (Å²) in [6.45, 7) is 0. The van der Waals surface area contributed by atoms with Crippen LogP contribution in [-0.4, -0.2) is 5.43 Å². The molecule has 1 saturated heterocycles. The number of hydrogen-bond donors (Lipinski definition) is 0. The van der Waals surface area contributed by atoms with Crippen LogP contribution in [0.4, 0.5) is 0 Å². The number of benzene rings is 4. The van der Waals surface area contributed by atoms with E-state index in [1.165, 1.54) is 46.2 Å². The van der Waals surface area contributed by atoms with Crippen LogP contribution in [0.25, 0.3) is 33.4 Å². The van der Waals surface area contributed by atoms with Crippen molar-refractivity contribution in [2.75, 3.05) is 0 Å². The second-order valence-corrected chi connectivity index (χ2v) is 25.6. The van der Waals surface area contributed by atoms with E-state index in [1.54, 1.807) is 23.2 Å². The molecule has 3 aliphatic rings. The molecule has 0 atom stereocenters. The third kappa shape index (κ3) is 4.83. The molecule has 182 valence electrons. The van der Waals surface area contributed by atoms with Gasteiger partial charge in [-0.3, -0.25) is 0 Å². The predicted molar refractivity (Wildman–Crippen MR) is 146 cm³/mol. The molecule has 0 unspecified atom stereocenters. The quantitative estimate of drug-likeness (QED) is 0.311. The summed E-state index contributed by atoms with van der Waals surface area (Å²) in [5, 5.41) is 0. The molecular weight excluding hydrogens is 587 g/mol. The van der Waals surface area contributed by atoms with Gasteiger partial charge in [-0.1, -0.05) is 0 Å². The number of halogens is 2. The normalized spacial score (nSPS) is 14.9. The zero-order valence-electron chi connectivity index (χ0n) is 20.6. The van der Waals surface area contributed by atoms with E-state index in [2.05, 4.69) is 115 Å². The van der Waals surface area contributed by atoms with Crippen LogP contribution >= 0.6 is 0 Å². The smallest absolute Gasteiger partial charge is 1.00 e. The van der Waals surface area contributed by atoms with E-state index < -0.39 is 20.4 Å². The van der Waals surface area contributed by atoms with Crippen LogP contribution in [0.5, 0.6) is 0 Å². The summed E-state index contributed by atoms with van der Waals surface area (Å²) in [4.78, 5) is 0. The standard InChI is InChI=1S/C25H17.C5H5.C3H6Si.2ClH.Zr/c1-3-7-18(8-4-1)20-11-13-24-22(15-20)17-23-16-21(12-14-25(23)24)19-9-5-2-6-10-19;1-2-4-5-3-1;1-2-4-3-1;;;/h1-17H;1-3H,4H2;1-3H2;2*1H;/q;;;;;+2/p-2. The second kappa shape index (κ2) is 11.4. The second-order valence-electron chi connectivity index (χ2n) is 9.96. The number of rotatable bonds is 4. The van der Waals surface area contributed by atoms with Crippen molar-refractivity contribution in [1.82, 2.24) is 0 Å². The minimum Gasteiger partial charge on any atom is -1.00 e. The van der Waals surface area contributed by atoms with Gasteiger partial charge in [0.1, 0.15) is 0 Å².